The zero-order valence-electron chi connectivity index (χ0n) is 56.2. The fraction of sp³-hybridized carbons (Fsp3) is 0.941. The topological polar surface area (TPSA) is 210 Å². The van der Waals surface area contributed by atoms with E-state index in [0.717, 1.165) is 64.2 Å². The SMILES string of the molecule is CCCCCCCC/C=C\CCCCCCCCO[C@H](COC(=O)CCCCCCCCCCCCCCC)CO[C@@H]1CC[C@@]2(C)C(C1)C[C@@H](OP(=O)([O-])OCC[N+](C)(C)C)C1C2C[C@H](O)[C@@]2(C)C1CC[C@@H]2[C@H](C)CCC(=O)NCCS(=O)(=O)[O-].[Na+]. The number of carbonyl (C=O) groups is 2. The molecule has 4 aliphatic carbocycles. The van der Waals surface area contributed by atoms with Gasteiger partial charge in [-0.25, -0.2) is 8.42 Å². The molecule has 15 nitrogen and oxygen atoms in total. The monoisotopic (exact) mass is 1260 g/mol. The number of hydrogen-bond donors (Lipinski definition) is 2. The second-order valence-corrected chi connectivity index (χ2v) is 31.3. The fourth-order valence-corrected chi connectivity index (χ4v) is 16.7. The average molecular weight is 1270 g/mol. The van der Waals surface area contributed by atoms with Crippen LogP contribution in [0.2, 0.25) is 0 Å². The third kappa shape index (κ3) is 30.1. The van der Waals surface area contributed by atoms with Gasteiger partial charge in [-0.05, 0) is 136 Å². The van der Waals surface area contributed by atoms with E-state index in [-0.39, 0.29) is 121 Å². The molecule has 0 aromatic carbocycles. The smallest absolute Gasteiger partial charge is 0.756 e. The Morgan fingerprint density at radius 3 is 1.86 bits per heavy atom. The van der Waals surface area contributed by atoms with Gasteiger partial charge in [0.1, 0.15) is 25.9 Å². The predicted octanol–water partition coefficient (Wildman–Crippen LogP) is 11.7. The van der Waals surface area contributed by atoms with E-state index in [4.69, 9.17) is 23.3 Å². The molecular weight excluding hydrogens is 1140 g/mol. The zero-order chi connectivity index (χ0) is 62.2. The number of hydrogen-bond acceptors (Lipinski definition) is 13. The van der Waals surface area contributed by atoms with Crippen molar-refractivity contribution in [3.63, 3.8) is 0 Å². The van der Waals surface area contributed by atoms with Crippen LogP contribution in [-0.2, 0) is 47.5 Å². The number of fused-ring (bicyclic) bond motifs is 5. The Balaban J connectivity index is 0.0000194. The number of allylic oxidation sites excluding steroid dienone is 2. The normalized spacial score (nSPS) is 27.2. The molecule has 1 amide bonds. The van der Waals surface area contributed by atoms with Crippen molar-refractivity contribution in [2.75, 3.05) is 66.4 Å². The summed E-state index contributed by atoms with van der Waals surface area (Å²) >= 11 is 0. The Labute approximate surface area is 547 Å². The zero-order valence-corrected chi connectivity index (χ0v) is 59.9. The summed E-state index contributed by atoms with van der Waals surface area (Å²) in [6.45, 7) is 12.4. The molecule has 4 saturated carbocycles. The molecular formula is C68H126N2NaO13PS. The quantitative estimate of drug-likeness (QED) is 0.0111. The number of amides is 1. The molecule has 0 spiro atoms. The first-order valence-electron chi connectivity index (χ1n) is 34.9. The minimum Gasteiger partial charge on any atom is -0.756 e. The van der Waals surface area contributed by atoms with Gasteiger partial charge in [0.2, 0.25) is 5.91 Å². The van der Waals surface area contributed by atoms with Crippen LogP contribution in [0, 0.1) is 46.3 Å². The molecule has 4 rings (SSSR count). The Morgan fingerprint density at radius 1 is 0.733 bits per heavy atom. The summed E-state index contributed by atoms with van der Waals surface area (Å²) in [7, 11) is -3.26. The van der Waals surface area contributed by atoms with E-state index in [9.17, 15) is 37.1 Å². The Morgan fingerprint density at radius 2 is 1.29 bits per heavy atom. The number of phosphoric acid groups is 1. The van der Waals surface area contributed by atoms with Crippen molar-refractivity contribution in [3.05, 3.63) is 12.2 Å². The molecule has 0 aromatic heterocycles. The number of ether oxygens (including phenoxy) is 3. The van der Waals surface area contributed by atoms with Crippen molar-refractivity contribution in [2.45, 2.75) is 297 Å². The molecule has 0 aromatic rings. The predicted molar refractivity (Wildman–Crippen MR) is 339 cm³/mol. The number of esters is 1. The van der Waals surface area contributed by atoms with Gasteiger partial charge in [0.15, 0.2) is 0 Å². The molecule has 4 fully saturated rings. The summed E-state index contributed by atoms with van der Waals surface area (Å²) in [4.78, 5) is 39.9. The molecule has 0 aliphatic heterocycles. The van der Waals surface area contributed by atoms with E-state index in [1.165, 1.54) is 135 Å². The van der Waals surface area contributed by atoms with Crippen LogP contribution < -0.4 is 39.8 Å². The van der Waals surface area contributed by atoms with Crippen LogP contribution in [0.25, 0.3) is 0 Å². The van der Waals surface area contributed by atoms with Gasteiger partial charge in [0.25, 0.3) is 7.82 Å². The Kier molecular flexibility index (Phi) is 39.6. The summed E-state index contributed by atoms with van der Waals surface area (Å²) in [6, 6.07) is 0. The standard InChI is InChI=1S/C68H127N2O13PS.Na/c1-9-11-13-15-17-19-21-23-24-25-27-29-31-33-35-37-47-79-58(54-81-65(73)38-36-34-32-30-28-26-22-20-18-16-14-12-10-2)53-80-57-43-44-67(4)56(50-57)51-62(83-84(74,75)82-48-46-70(6,7)8)66-60-41-40-59(68(60,5)63(71)52-61(66)67)55(3)39-42-64(72)69-45-49-85(76,77)78;/h23-24,55-63,66,71H,9-22,25-54H2,1-8H3,(H2-,69,72,74,75,76,77,78);/q;+1/p-1/b24-23-;/t55-,56?,57-,58+,59-,60?,61?,62-,63+,66?,67+,68-;/m1./s1. The second-order valence-electron chi connectivity index (χ2n) is 28.4. The van der Waals surface area contributed by atoms with E-state index in [2.05, 4.69) is 52.1 Å². The van der Waals surface area contributed by atoms with Gasteiger partial charge in [-0.15, -0.1) is 0 Å². The third-order valence-corrected chi connectivity index (χ3v) is 22.4. The molecule has 13 atom stereocenters. The fourth-order valence-electron chi connectivity index (χ4n) is 15.5. The van der Waals surface area contributed by atoms with Crippen molar-refractivity contribution in [1.29, 1.82) is 0 Å². The first-order valence-corrected chi connectivity index (χ1v) is 37.9. The van der Waals surface area contributed by atoms with Crippen molar-refractivity contribution in [3.8, 4) is 0 Å². The number of aliphatic hydroxyl groups is 1. The van der Waals surface area contributed by atoms with Crippen molar-refractivity contribution >= 4 is 29.8 Å². The number of unbranched alkanes of at least 4 members (excludes halogenated alkanes) is 24. The van der Waals surface area contributed by atoms with Gasteiger partial charge in [-0.1, -0.05) is 182 Å². The molecule has 18 heteroatoms. The maximum atomic E-state index is 13.9. The molecule has 5 unspecified atom stereocenters. The molecule has 86 heavy (non-hydrogen) atoms. The second kappa shape index (κ2) is 42.7. The number of carbonyl (C=O) groups excluding carboxylic acids is 2. The number of likely N-dealkylation sites (N-methyl/N-ethyl adjacent to an activating group) is 1. The number of nitrogens with zero attached hydrogens (tertiary/aromatic N) is 1. The van der Waals surface area contributed by atoms with Crippen LogP contribution in [0.15, 0.2) is 12.2 Å². The van der Waals surface area contributed by atoms with Crippen LogP contribution in [0.5, 0.6) is 0 Å². The Bertz CT molecular complexity index is 2030. The molecule has 0 saturated heterocycles. The van der Waals surface area contributed by atoms with Gasteiger partial charge in [-0.3, -0.25) is 14.2 Å². The van der Waals surface area contributed by atoms with Gasteiger partial charge in [0.05, 0.1) is 61.9 Å². The van der Waals surface area contributed by atoms with Gasteiger partial charge >= 0.3 is 35.5 Å². The van der Waals surface area contributed by atoms with Crippen LogP contribution in [0.3, 0.4) is 0 Å². The maximum absolute atomic E-state index is 13.9. The Hall–Kier alpha value is -0.460. The minimum absolute atomic E-state index is 0. The van der Waals surface area contributed by atoms with Gasteiger partial charge < -0.3 is 47.6 Å². The van der Waals surface area contributed by atoms with E-state index in [1.54, 1.807) is 0 Å². The molecule has 498 valence electrons. The number of nitrogens with one attached hydrogen (secondary N) is 1. The first kappa shape index (κ1) is 79.8. The van der Waals surface area contributed by atoms with Crippen LogP contribution in [0.4, 0.5) is 0 Å². The van der Waals surface area contributed by atoms with Gasteiger partial charge in [0, 0.05) is 26.0 Å². The molecule has 2 N–H and O–H groups in total. The minimum atomic E-state index is -4.76. The summed E-state index contributed by atoms with van der Waals surface area (Å²) in [6.07, 6.45) is 42.4. The van der Waals surface area contributed by atoms with Crippen molar-refractivity contribution in [2.24, 2.45) is 46.3 Å². The third-order valence-electron chi connectivity index (χ3n) is 20.7. The summed E-state index contributed by atoms with van der Waals surface area (Å²) < 4.78 is 79.0. The van der Waals surface area contributed by atoms with Crippen molar-refractivity contribution in [1.82, 2.24) is 5.32 Å². The largest absolute Gasteiger partial charge is 1.00 e. The van der Waals surface area contributed by atoms with Crippen molar-refractivity contribution < 1.29 is 94.4 Å². The molecule has 0 heterocycles. The summed E-state index contributed by atoms with van der Waals surface area (Å²) in [5.41, 5.74) is -0.780. The summed E-state index contributed by atoms with van der Waals surface area (Å²) in [5.74, 6) is -1.25. The van der Waals surface area contributed by atoms with E-state index in [0.29, 0.717) is 49.7 Å². The van der Waals surface area contributed by atoms with Crippen LogP contribution >= 0.6 is 7.82 Å². The van der Waals surface area contributed by atoms with Gasteiger partial charge in [-0.2, -0.15) is 0 Å². The average Bonchev–Trinajstić information content (AvgIpc) is 1.29. The maximum Gasteiger partial charge on any atom is 1.00 e. The summed E-state index contributed by atoms with van der Waals surface area (Å²) in [5, 5.41) is 15.1. The van der Waals surface area contributed by atoms with Crippen LogP contribution in [-0.4, -0.2) is 125 Å². The van der Waals surface area contributed by atoms with Crippen LogP contribution in [0.1, 0.15) is 272 Å². The molecule has 0 bridgehead atoms. The van der Waals surface area contributed by atoms with E-state index >= 15 is 0 Å². The number of phosphoric ester groups is 1. The number of aliphatic hydroxyl groups excluding tert-OH is 1. The number of rotatable bonds is 49. The number of quaternary nitrogens is 1. The van der Waals surface area contributed by atoms with E-state index in [1.807, 2.05) is 21.1 Å². The first-order chi connectivity index (χ1) is 40.5. The van der Waals surface area contributed by atoms with E-state index < -0.39 is 47.4 Å². The molecule has 4 aliphatic rings. The molecule has 0 radical (unpaired) electrons.